The summed E-state index contributed by atoms with van der Waals surface area (Å²) >= 11 is 0. The minimum Gasteiger partial charge on any atom is -0.507 e. The molecular formula is C30H32N2O5. The van der Waals surface area contributed by atoms with Crippen molar-refractivity contribution in [3.63, 3.8) is 0 Å². The Morgan fingerprint density at radius 1 is 0.865 bits per heavy atom. The molecule has 1 aliphatic rings. The number of phenols is 1. The SMILES string of the molecule is CCOc1ccccc1Oc1c(C)oc2c(CN3CCN(Cc4ccccc4)CC3)c(O)ccc2c1=O. The molecule has 1 N–H and O–H groups in total. The molecular weight excluding hydrogens is 468 g/mol. The molecule has 0 aliphatic carbocycles. The van der Waals surface area contributed by atoms with Gasteiger partial charge in [0.2, 0.25) is 11.2 Å². The number of hydrogen-bond acceptors (Lipinski definition) is 7. The van der Waals surface area contributed by atoms with Gasteiger partial charge in [0.25, 0.3) is 0 Å². The van der Waals surface area contributed by atoms with E-state index in [2.05, 4.69) is 34.1 Å². The van der Waals surface area contributed by atoms with Crippen molar-refractivity contribution in [2.45, 2.75) is 26.9 Å². The number of nitrogens with zero attached hydrogens (tertiary/aromatic N) is 2. The van der Waals surface area contributed by atoms with Crippen LogP contribution in [0.25, 0.3) is 11.0 Å². The number of ether oxygens (including phenoxy) is 2. The highest BCUT2D eigenvalue weighted by atomic mass is 16.5. The second kappa shape index (κ2) is 11.1. The number of hydrogen-bond donors (Lipinski definition) is 1. The quantitative estimate of drug-likeness (QED) is 0.351. The molecule has 0 unspecified atom stereocenters. The molecule has 7 heteroatoms. The van der Waals surface area contributed by atoms with Crippen LogP contribution in [0.2, 0.25) is 0 Å². The number of aryl methyl sites for hydroxylation is 1. The highest BCUT2D eigenvalue weighted by molar-refractivity contribution is 5.83. The second-order valence-corrected chi connectivity index (χ2v) is 9.28. The van der Waals surface area contributed by atoms with Crippen LogP contribution >= 0.6 is 0 Å². The molecule has 4 aromatic rings. The first-order valence-electron chi connectivity index (χ1n) is 12.7. The maximum atomic E-state index is 13.5. The molecule has 0 amide bonds. The Kier molecular flexibility index (Phi) is 7.44. The summed E-state index contributed by atoms with van der Waals surface area (Å²) in [5.74, 6) is 1.60. The fraction of sp³-hybridized carbons (Fsp3) is 0.300. The Labute approximate surface area is 216 Å². The predicted molar refractivity (Wildman–Crippen MR) is 144 cm³/mol. The Morgan fingerprint density at radius 3 is 2.22 bits per heavy atom. The number of fused-ring (bicyclic) bond motifs is 1. The van der Waals surface area contributed by atoms with E-state index in [1.54, 1.807) is 31.2 Å². The molecule has 5 rings (SSSR count). The van der Waals surface area contributed by atoms with E-state index >= 15 is 0 Å². The van der Waals surface area contributed by atoms with Crippen molar-refractivity contribution in [2.24, 2.45) is 0 Å². The first-order chi connectivity index (χ1) is 18.0. The average molecular weight is 501 g/mol. The zero-order chi connectivity index (χ0) is 25.8. The van der Waals surface area contributed by atoms with Crippen molar-refractivity contribution in [1.82, 2.24) is 9.80 Å². The van der Waals surface area contributed by atoms with Crippen molar-refractivity contribution in [3.8, 4) is 23.0 Å². The molecule has 1 aliphatic heterocycles. The second-order valence-electron chi connectivity index (χ2n) is 9.28. The third-order valence-corrected chi connectivity index (χ3v) is 6.72. The molecule has 7 nitrogen and oxygen atoms in total. The van der Waals surface area contributed by atoms with Gasteiger partial charge in [0.15, 0.2) is 11.5 Å². The molecule has 0 radical (unpaired) electrons. The van der Waals surface area contributed by atoms with Gasteiger partial charge in [-0.25, -0.2) is 0 Å². The molecule has 0 bridgehead atoms. The molecule has 0 saturated carbocycles. The van der Waals surface area contributed by atoms with E-state index in [4.69, 9.17) is 13.9 Å². The molecule has 1 fully saturated rings. The van der Waals surface area contributed by atoms with E-state index in [0.717, 1.165) is 32.7 Å². The number of aromatic hydroxyl groups is 1. The van der Waals surface area contributed by atoms with Gasteiger partial charge < -0.3 is 19.0 Å². The lowest BCUT2D eigenvalue weighted by Gasteiger charge is -2.34. The maximum absolute atomic E-state index is 13.5. The molecule has 37 heavy (non-hydrogen) atoms. The van der Waals surface area contributed by atoms with Gasteiger partial charge in [0.05, 0.1) is 17.6 Å². The van der Waals surface area contributed by atoms with Gasteiger partial charge in [0, 0.05) is 39.3 Å². The molecule has 3 aromatic carbocycles. The van der Waals surface area contributed by atoms with Crippen molar-refractivity contribution in [2.75, 3.05) is 32.8 Å². The number of para-hydroxylation sites is 2. The van der Waals surface area contributed by atoms with Crippen LogP contribution in [-0.2, 0) is 13.1 Å². The lowest BCUT2D eigenvalue weighted by Crippen LogP contribution is -2.45. The summed E-state index contributed by atoms with van der Waals surface area (Å²) in [6.45, 7) is 9.09. The van der Waals surface area contributed by atoms with Crippen LogP contribution in [0.15, 0.2) is 75.9 Å². The summed E-state index contributed by atoms with van der Waals surface area (Å²) in [7, 11) is 0. The zero-order valence-corrected chi connectivity index (χ0v) is 21.3. The van der Waals surface area contributed by atoms with E-state index in [9.17, 15) is 9.90 Å². The first-order valence-corrected chi connectivity index (χ1v) is 12.7. The zero-order valence-electron chi connectivity index (χ0n) is 21.3. The number of piperazine rings is 1. The Balaban J connectivity index is 1.37. The number of rotatable bonds is 8. The Bertz CT molecular complexity index is 1430. The van der Waals surface area contributed by atoms with Gasteiger partial charge in [-0.3, -0.25) is 14.6 Å². The summed E-state index contributed by atoms with van der Waals surface area (Å²) in [6, 6.07) is 20.9. The summed E-state index contributed by atoms with van der Waals surface area (Å²) in [4.78, 5) is 18.2. The molecule has 2 heterocycles. The van der Waals surface area contributed by atoms with Crippen molar-refractivity contribution in [1.29, 1.82) is 0 Å². The van der Waals surface area contributed by atoms with Gasteiger partial charge >= 0.3 is 0 Å². The largest absolute Gasteiger partial charge is 0.507 e. The summed E-state index contributed by atoms with van der Waals surface area (Å²) < 4.78 is 17.8. The van der Waals surface area contributed by atoms with Gasteiger partial charge in [-0.05, 0) is 43.7 Å². The maximum Gasteiger partial charge on any atom is 0.235 e. The lowest BCUT2D eigenvalue weighted by atomic mass is 10.1. The van der Waals surface area contributed by atoms with Crippen LogP contribution in [-0.4, -0.2) is 47.7 Å². The molecule has 0 atom stereocenters. The highest BCUT2D eigenvalue weighted by Gasteiger charge is 2.23. The summed E-state index contributed by atoms with van der Waals surface area (Å²) in [6.07, 6.45) is 0. The summed E-state index contributed by atoms with van der Waals surface area (Å²) in [5, 5.41) is 11.1. The third-order valence-electron chi connectivity index (χ3n) is 6.72. The topological polar surface area (TPSA) is 75.4 Å². The van der Waals surface area contributed by atoms with Crippen molar-refractivity contribution >= 4 is 11.0 Å². The fourth-order valence-corrected chi connectivity index (χ4v) is 4.76. The van der Waals surface area contributed by atoms with E-state index in [0.29, 0.717) is 46.9 Å². The monoisotopic (exact) mass is 500 g/mol. The molecule has 0 spiro atoms. The van der Waals surface area contributed by atoms with Crippen molar-refractivity contribution < 1.29 is 19.0 Å². The number of benzene rings is 3. The fourth-order valence-electron chi connectivity index (χ4n) is 4.76. The predicted octanol–water partition coefficient (Wildman–Crippen LogP) is 5.32. The van der Waals surface area contributed by atoms with Gasteiger partial charge in [-0.2, -0.15) is 0 Å². The van der Waals surface area contributed by atoms with E-state index in [-0.39, 0.29) is 16.9 Å². The van der Waals surface area contributed by atoms with E-state index in [1.165, 1.54) is 5.56 Å². The van der Waals surface area contributed by atoms with Gasteiger partial charge in [-0.1, -0.05) is 42.5 Å². The van der Waals surface area contributed by atoms with Crippen LogP contribution in [0.4, 0.5) is 0 Å². The normalized spacial score (nSPS) is 14.6. The van der Waals surface area contributed by atoms with Gasteiger partial charge in [-0.15, -0.1) is 0 Å². The Morgan fingerprint density at radius 2 is 1.51 bits per heavy atom. The number of phenolic OH excluding ortho intramolecular Hbond substituents is 1. The van der Waals surface area contributed by atoms with Crippen LogP contribution in [0.5, 0.6) is 23.0 Å². The van der Waals surface area contributed by atoms with Crippen LogP contribution in [0.1, 0.15) is 23.8 Å². The lowest BCUT2D eigenvalue weighted by molar-refractivity contribution is 0.121. The minimum atomic E-state index is -0.279. The average Bonchev–Trinajstić information content (AvgIpc) is 2.91. The standard InChI is InChI=1S/C30H32N2O5/c1-3-35-26-11-7-8-12-27(26)37-29-21(2)36-30-23(28(29)34)13-14-25(33)24(30)20-32-17-15-31(16-18-32)19-22-9-5-4-6-10-22/h4-14,33H,3,15-20H2,1-2H3. The highest BCUT2D eigenvalue weighted by Crippen LogP contribution is 2.34. The molecule has 192 valence electrons. The van der Waals surface area contributed by atoms with Gasteiger partial charge in [0.1, 0.15) is 17.1 Å². The Hall–Kier alpha value is -3.81. The van der Waals surface area contributed by atoms with Crippen molar-refractivity contribution in [3.05, 3.63) is 93.8 Å². The third kappa shape index (κ3) is 5.48. The van der Waals surface area contributed by atoms with E-state index < -0.39 is 0 Å². The smallest absolute Gasteiger partial charge is 0.235 e. The molecule has 1 aromatic heterocycles. The van der Waals surface area contributed by atoms with Crippen LogP contribution < -0.4 is 14.9 Å². The van der Waals surface area contributed by atoms with E-state index in [1.807, 2.05) is 25.1 Å². The minimum absolute atomic E-state index is 0.116. The van der Waals surface area contributed by atoms with Crippen LogP contribution in [0, 0.1) is 6.92 Å². The molecule has 1 saturated heterocycles. The summed E-state index contributed by atoms with van der Waals surface area (Å²) in [5.41, 5.74) is 2.05. The first kappa shape index (κ1) is 24.9. The van der Waals surface area contributed by atoms with Crippen LogP contribution in [0.3, 0.4) is 0 Å².